The van der Waals surface area contributed by atoms with Gasteiger partial charge in [0, 0.05) is 6.42 Å². The lowest BCUT2D eigenvalue weighted by atomic mass is 9.85. The number of carbonyl (C=O) groups is 1. The van der Waals surface area contributed by atoms with Crippen molar-refractivity contribution in [3.63, 3.8) is 0 Å². The van der Waals surface area contributed by atoms with Crippen LogP contribution in [0, 0.1) is 0 Å². The van der Waals surface area contributed by atoms with Crippen LogP contribution in [-0.4, -0.2) is 40.4 Å². The zero-order valence-electron chi connectivity index (χ0n) is 24.3. The molecule has 2 aliphatic rings. The molecule has 0 saturated carbocycles. The molecular weight excluding hydrogens is 493 g/mol. The van der Waals surface area contributed by atoms with E-state index in [1.807, 2.05) is 6.08 Å². The maximum absolute atomic E-state index is 13.4. The van der Waals surface area contributed by atoms with E-state index in [0.717, 1.165) is 11.1 Å². The Bertz CT molecular complexity index is 1250. The Morgan fingerprint density at radius 2 is 1.51 bits per heavy atom. The summed E-state index contributed by atoms with van der Waals surface area (Å²) in [6, 6.07) is 14.8. The predicted molar refractivity (Wildman–Crippen MR) is 159 cm³/mol. The minimum Gasteiger partial charge on any atom is -0.457 e. The predicted octanol–water partition coefficient (Wildman–Crippen LogP) is 8.26. The Balaban J connectivity index is 1.77. The molecule has 0 N–H and O–H groups in total. The van der Waals surface area contributed by atoms with Crippen LogP contribution < -0.4 is 0 Å². The Kier molecular flexibility index (Phi) is 7.07. The van der Waals surface area contributed by atoms with Gasteiger partial charge in [-0.1, -0.05) is 90.1 Å². The standard InChI is InChI=1S/C31H44O4Si2/c1-29(2,3)36(7,8)34-27-25(18-16-22-15-17-23-13-11-12-14-24(23)19-22)20-31(21-26(27)33-28(31)32)35-37(9,10)30(4,5)6/h11-20,26-27H,21H2,1-10H3/b18-16+/t26-,27-,31+/m1/s1. The zero-order chi connectivity index (χ0) is 27.4. The van der Waals surface area contributed by atoms with E-state index in [2.05, 4.69) is 122 Å². The van der Waals surface area contributed by atoms with Gasteiger partial charge in [0.05, 0.1) is 0 Å². The highest BCUT2D eigenvalue weighted by Gasteiger charge is 2.59. The number of rotatable bonds is 6. The van der Waals surface area contributed by atoms with Gasteiger partial charge in [0.1, 0.15) is 12.2 Å². The van der Waals surface area contributed by atoms with Gasteiger partial charge in [-0.25, -0.2) is 4.79 Å². The molecule has 0 amide bonds. The summed E-state index contributed by atoms with van der Waals surface area (Å²) in [6.45, 7) is 22.2. The maximum Gasteiger partial charge on any atom is 0.341 e. The van der Waals surface area contributed by atoms with Crippen LogP contribution in [0.4, 0.5) is 0 Å². The highest BCUT2D eigenvalue weighted by molar-refractivity contribution is 6.74. The molecule has 0 spiro atoms. The van der Waals surface area contributed by atoms with Crippen molar-refractivity contribution in [2.24, 2.45) is 0 Å². The highest BCUT2D eigenvalue weighted by Crippen LogP contribution is 2.48. The van der Waals surface area contributed by atoms with E-state index in [1.165, 1.54) is 10.8 Å². The van der Waals surface area contributed by atoms with Gasteiger partial charge in [-0.05, 0) is 70.3 Å². The molecule has 0 unspecified atom stereocenters. The fourth-order valence-electron chi connectivity index (χ4n) is 4.52. The van der Waals surface area contributed by atoms with Crippen molar-refractivity contribution in [3.05, 3.63) is 65.8 Å². The molecule has 6 heteroatoms. The largest absolute Gasteiger partial charge is 0.457 e. The van der Waals surface area contributed by atoms with Gasteiger partial charge in [-0.3, -0.25) is 0 Å². The van der Waals surface area contributed by atoms with E-state index in [-0.39, 0.29) is 28.3 Å². The summed E-state index contributed by atoms with van der Waals surface area (Å²) in [5, 5.41) is 2.43. The molecular formula is C31H44O4Si2. The lowest BCUT2D eigenvalue weighted by Gasteiger charge is -2.44. The summed E-state index contributed by atoms with van der Waals surface area (Å²) in [7, 11) is -4.39. The molecule has 1 heterocycles. The van der Waals surface area contributed by atoms with Crippen LogP contribution in [0.3, 0.4) is 0 Å². The van der Waals surface area contributed by atoms with Crippen LogP contribution in [0.15, 0.2) is 60.2 Å². The SMILES string of the molecule is CC(C)(C)[Si](C)(C)O[C@@H]1C(/C=C/c2ccc3ccccc3c2)=C[C@]2(O[Si](C)(C)C(C)(C)C)C[C@H]1OC2=O. The molecule has 2 bridgehead atoms. The summed E-state index contributed by atoms with van der Waals surface area (Å²) in [5.74, 6) is -0.278. The topological polar surface area (TPSA) is 44.8 Å². The summed E-state index contributed by atoms with van der Waals surface area (Å²) in [6.07, 6.45) is 6.10. The number of fused-ring (bicyclic) bond motifs is 3. The number of carbonyl (C=O) groups excluding carboxylic acids is 1. The lowest BCUT2D eigenvalue weighted by molar-refractivity contribution is -0.151. The molecule has 2 aromatic rings. The zero-order valence-corrected chi connectivity index (χ0v) is 26.3. The first-order valence-electron chi connectivity index (χ1n) is 13.4. The minimum absolute atomic E-state index is 0.0243. The number of hydrogen-bond donors (Lipinski definition) is 0. The molecule has 4 nitrogen and oxygen atoms in total. The van der Waals surface area contributed by atoms with Gasteiger partial charge in [0.2, 0.25) is 0 Å². The fourth-order valence-corrected chi connectivity index (χ4v) is 7.24. The highest BCUT2D eigenvalue weighted by atomic mass is 28.4. The molecule has 2 aromatic carbocycles. The second-order valence-electron chi connectivity index (χ2n) is 13.8. The summed E-state index contributed by atoms with van der Waals surface area (Å²) >= 11 is 0. The van der Waals surface area contributed by atoms with Crippen molar-refractivity contribution < 1.29 is 18.4 Å². The quantitative estimate of drug-likeness (QED) is 0.275. The molecule has 200 valence electrons. The van der Waals surface area contributed by atoms with E-state index >= 15 is 0 Å². The van der Waals surface area contributed by atoms with Crippen molar-refractivity contribution in [3.8, 4) is 0 Å². The van der Waals surface area contributed by atoms with Crippen molar-refractivity contribution >= 4 is 39.5 Å². The molecule has 37 heavy (non-hydrogen) atoms. The van der Waals surface area contributed by atoms with Crippen molar-refractivity contribution in [1.29, 1.82) is 0 Å². The Morgan fingerprint density at radius 3 is 2.14 bits per heavy atom. The molecule has 3 atom stereocenters. The van der Waals surface area contributed by atoms with Crippen molar-refractivity contribution in [1.82, 2.24) is 0 Å². The van der Waals surface area contributed by atoms with Gasteiger partial charge in [-0.15, -0.1) is 0 Å². The van der Waals surface area contributed by atoms with Crippen molar-refractivity contribution in [2.45, 2.75) is 102 Å². The first kappa shape index (κ1) is 28.0. The third kappa shape index (κ3) is 5.44. The Hall–Kier alpha value is -2.00. The van der Waals surface area contributed by atoms with Crippen LogP contribution in [0.25, 0.3) is 16.8 Å². The fraction of sp³-hybridized carbons (Fsp3) is 0.516. The van der Waals surface area contributed by atoms with Crippen LogP contribution in [0.1, 0.15) is 53.5 Å². The average molecular weight is 537 g/mol. The second-order valence-corrected chi connectivity index (χ2v) is 23.3. The van der Waals surface area contributed by atoms with Gasteiger partial charge in [-0.2, -0.15) is 0 Å². The molecule has 4 rings (SSSR count). The van der Waals surface area contributed by atoms with Crippen molar-refractivity contribution in [2.75, 3.05) is 0 Å². The van der Waals surface area contributed by atoms with E-state index < -0.39 is 22.2 Å². The monoisotopic (exact) mass is 536 g/mol. The van der Waals surface area contributed by atoms with E-state index in [9.17, 15) is 4.79 Å². The van der Waals surface area contributed by atoms with Gasteiger partial charge < -0.3 is 13.6 Å². The van der Waals surface area contributed by atoms with Gasteiger partial charge in [0.15, 0.2) is 22.2 Å². The third-order valence-corrected chi connectivity index (χ3v) is 17.8. The van der Waals surface area contributed by atoms with Crippen LogP contribution in [-0.2, 0) is 18.4 Å². The smallest absolute Gasteiger partial charge is 0.341 e. The molecule has 0 radical (unpaired) electrons. The normalized spacial score (nSPS) is 25.0. The minimum atomic E-state index is -2.25. The summed E-state index contributed by atoms with van der Waals surface area (Å²) in [5.41, 5.74) is 1.03. The van der Waals surface area contributed by atoms with E-state index in [0.29, 0.717) is 6.42 Å². The Labute approximate surface area is 225 Å². The van der Waals surface area contributed by atoms with Crippen LogP contribution in [0.5, 0.6) is 0 Å². The average Bonchev–Trinajstić information content (AvgIpc) is 3.03. The molecule has 1 fully saturated rings. The van der Waals surface area contributed by atoms with E-state index in [1.54, 1.807) is 0 Å². The first-order chi connectivity index (χ1) is 16.9. The summed E-state index contributed by atoms with van der Waals surface area (Å²) in [4.78, 5) is 13.4. The third-order valence-electron chi connectivity index (χ3n) is 8.89. The first-order valence-corrected chi connectivity index (χ1v) is 19.2. The van der Waals surface area contributed by atoms with Gasteiger partial charge >= 0.3 is 5.97 Å². The number of hydrogen-bond acceptors (Lipinski definition) is 4. The Morgan fingerprint density at radius 1 is 0.892 bits per heavy atom. The molecule has 1 aliphatic heterocycles. The molecule has 1 aliphatic carbocycles. The summed E-state index contributed by atoms with van der Waals surface area (Å²) < 4.78 is 19.8. The second kappa shape index (κ2) is 9.33. The maximum atomic E-state index is 13.4. The lowest BCUT2D eigenvalue weighted by Crippen LogP contribution is -2.53. The molecule has 1 saturated heterocycles. The number of esters is 1. The molecule has 0 aromatic heterocycles. The number of benzene rings is 2. The van der Waals surface area contributed by atoms with Crippen LogP contribution in [0.2, 0.25) is 36.3 Å². The van der Waals surface area contributed by atoms with Gasteiger partial charge in [0.25, 0.3) is 0 Å². The van der Waals surface area contributed by atoms with Crippen LogP contribution >= 0.6 is 0 Å². The van der Waals surface area contributed by atoms with E-state index in [4.69, 9.17) is 13.6 Å². The number of ether oxygens (including phenoxy) is 1.